The molecule has 7 heteroatoms. The fraction of sp³-hybridized carbons (Fsp3) is 0. The van der Waals surface area contributed by atoms with Crippen molar-refractivity contribution in [2.45, 2.75) is 0 Å². The molecule has 0 amide bonds. The summed E-state index contributed by atoms with van der Waals surface area (Å²) >= 11 is 0. The van der Waals surface area contributed by atoms with Crippen LogP contribution in [0.4, 0.5) is 5.95 Å². The van der Waals surface area contributed by atoms with E-state index in [0.29, 0.717) is 17.1 Å². The Balaban J connectivity index is 1.58. The zero-order valence-electron chi connectivity index (χ0n) is 14.1. The summed E-state index contributed by atoms with van der Waals surface area (Å²) in [6.45, 7) is 0. The molecule has 7 nitrogen and oxygen atoms in total. The predicted octanol–water partition coefficient (Wildman–Crippen LogP) is 3.40. The van der Waals surface area contributed by atoms with Crippen LogP contribution in [0.15, 0.2) is 70.8 Å². The van der Waals surface area contributed by atoms with Gasteiger partial charge in [0.15, 0.2) is 11.2 Å². The number of hydrogen-bond donors (Lipinski definition) is 3. The topological polar surface area (TPSA) is 98.8 Å². The number of nitrogens with zero attached hydrogens (tertiary/aromatic N) is 3. The first-order valence-electron chi connectivity index (χ1n) is 8.42. The number of anilines is 1. The van der Waals surface area contributed by atoms with Gasteiger partial charge >= 0.3 is 0 Å². The van der Waals surface area contributed by atoms with Crippen molar-refractivity contribution in [1.29, 1.82) is 0 Å². The second-order valence-corrected chi connectivity index (χ2v) is 6.12. The lowest BCUT2D eigenvalue weighted by Gasteiger charge is -2.07. The number of hydrogen-bond acceptors (Lipinski definition) is 5. The minimum absolute atomic E-state index is 0.274. The third-order valence-electron chi connectivity index (χ3n) is 4.47. The summed E-state index contributed by atoms with van der Waals surface area (Å²) in [5, 5.41) is 8.86. The first kappa shape index (κ1) is 15.3. The van der Waals surface area contributed by atoms with E-state index in [2.05, 4.69) is 60.8 Å². The standard InChI is InChI=1S/C20H14N6O/c27-19-17-18(21-11-22-19)25-20(24-17)26-23-10-16-14-7-3-1-5-12(14)9-13-6-2-4-8-15(13)16/h1-11H,(H3,21,22,24,25,26,27)/b23-10+. The Kier molecular flexibility index (Phi) is 3.43. The van der Waals surface area contributed by atoms with Gasteiger partial charge in [0.05, 0.1) is 12.5 Å². The molecule has 3 N–H and O–H groups in total. The number of aromatic amines is 2. The van der Waals surface area contributed by atoms with Gasteiger partial charge in [-0.15, -0.1) is 0 Å². The first-order chi connectivity index (χ1) is 13.3. The minimum Gasteiger partial charge on any atom is -0.317 e. The van der Waals surface area contributed by atoms with Gasteiger partial charge in [0.2, 0.25) is 5.95 Å². The van der Waals surface area contributed by atoms with E-state index in [1.807, 2.05) is 24.3 Å². The second kappa shape index (κ2) is 6.06. The Morgan fingerprint density at radius 3 is 2.41 bits per heavy atom. The molecular weight excluding hydrogens is 340 g/mol. The van der Waals surface area contributed by atoms with Gasteiger partial charge in [-0.1, -0.05) is 48.5 Å². The number of benzene rings is 3. The van der Waals surface area contributed by atoms with Crippen LogP contribution in [0.3, 0.4) is 0 Å². The van der Waals surface area contributed by atoms with E-state index in [1.54, 1.807) is 6.21 Å². The molecule has 0 aliphatic rings. The lowest BCUT2D eigenvalue weighted by molar-refractivity contribution is 1.15. The number of aromatic nitrogens is 4. The van der Waals surface area contributed by atoms with Gasteiger partial charge in [-0.3, -0.25) is 4.79 Å². The number of nitrogens with one attached hydrogen (secondary N) is 3. The average molecular weight is 354 g/mol. The van der Waals surface area contributed by atoms with Gasteiger partial charge in [0.25, 0.3) is 5.56 Å². The van der Waals surface area contributed by atoms with E-state index in [1.165, 1.54) is 6.33 Å². The third kappa shape index (κ3) is 2.62. The Bertz CT molecular complexity index is 1330. The molecule has 0 radical (unpaired) electrons. The first-order valence-corrected chi connectivity index (χ1v) is 8.42. The van der Waals surface area contributed by atoms with E-state index < -0.39 is 0 Å². The smallest absolute Gasteiger partial charge is 0.276 e. The Hall–Kier alpha value is -4.00. The van der Waals surface area contributed by atoms with Gasteiger partial charge in [-0.2, -0.15) is 10.1 Å². The van der Waals surface area contributed by atoms with E-state index in [9.17, 15) is 4.79 Å². The van der Waals surface area contributed by atoms with Gasteiger partial charge in [0, 0.05) is 5.56 Å². The van der Waals surface area contributed by atoms with Crippen LogP contribution in [0.5, 0.6) is 0 Å². The predicted molar refractivity (Wildman–Crippen MR) is 107 cm³/mol. The molecular formula is C20H14N6O. The number of rotatable bonds is 3. The molecule has 5 aromatic rings. The van der Waals surface area contributed by atoms with Crippen molar-refractivity contribution in [2.24, 2.45) is 5.10 Å². The highest BCUT2D eigenvalue weighted by Gasteiger charge is 2.07. The molecule has 2 heterocycles. The minimum atomic E-state index is -0.274. The van der Waals surface area contributed by atoms with Gasteiger partial charge in [-0.05, 0) is 27.6 Å². The number of H-pyrrole nitrogens is 2. The highest BCUT2D eigenvalue weighted by Crippen LogP contribution is 2.27. The second-order valence-electron chi connectivity index (χ2n) is 6.12. The van der Waals surface area contributed by atoms with Crippen LogP contribution >= 0.6 is 0 Å². The highest BCUT2D eigenvalue weighted by atomic mass is 16.1. The Morgan fingerprint density at radius 1 is 1.00 bits per heavy atom. The van der Waals surface area contributed by atoms with Crippen molar-refractivity contribution in [1.82, 2.24) is 19.9 Å². The van der Waals surface area contributed by atoms with Crippen LogP contribution in [0.25, 0.3) is 32.7 Å². The number of fused-ring (bicyclic) bond motifs is 3. The number of hydrazone groups is 1. The van der Waals surface area contributed by atoms with Crippen molar-refractivity contribution in [3.63, 3.8) is 0 Å². The SMILES string of the molecule is O=c1[nH]cnc2nc(N/N=C/c3c4ccccc4cc4ccccc34)[nH]c12. The molecule has 0 saturated heterocycles. The molecule has 0 aliphatic heterocycles. The van der Waals surface area contributed by atoms with Crippen LogP contribution in [-0.2, 0) is 0 Å². The van der Waals surface area contributed by atoms with Crippen molar-refractivity contribution in [3.05, 3.63) is 76.8 Å². The normalized spacial score (nSPS) is 11.7. The monoisotopic (exact) mass is 354 g/mol. The van der Waals surface area contributed by atoms with Crippen LogP contribution in [0.2, 0.25) is 0 Å². The largest absolute Gasteiger partial charge is 0.317 e. The molecule has 0 aliphatic carbocycles. The average Bonchev–Trinajstić information content (AvgIpc) is 3.12. The zero-order chi connectivity index (χ0) is 18.2. The van der Waals surface area contributed by atoms with E-state index in [4.69, 9.17) is 0 Å². The summed E-state index contributed by atoms with van der Waals surface area (Å²) in [7, 11) is 0. The molecule has 0 unspecified atom stereocenters. The van der Waals surface area contributed by atoms with E-state index in [-0.39, 0.29) is 5.56 Å². The van der Waals surface area contributed by atoms with Gasteiger partial charge in [0.1, 0.15) is 0 Å². The molecule has 0 saturated carbocycles. The fourth-order valence-electron chi connectivity index (χ4n) is 3.24. The maximum Gasteiger partial charge on any atom is 0.276 e. The lowest BCUT2D eigenvalue weighted by atomic mass is 9.97. The molecule has 3 aromatic carbocycles. The number of imidazole rings is 1. The molecule has 0 spiro atoms. The van der Waals surface area contributed by atoms with Crippen LogP contribution in [0, 0.1) is 0 Å². The Morgan fingerprint density at radius 2 is 1.70 bits per heavy atom. The molecule has 0 bridgehead atoms. The zero-order valence-corrected chi connectivity index (χ0v) is 14.1. The van der Waals surface area contributed by atoms with Crippen molar-refractivity contribution in [3.8, 4) is 0 Å². The van der Waals surface area contributed by atoms with Crippen LogP contribution < -0.4 is 11.0 Å². The molecule has 0 fully saturated rings. The summed E-state index contributed by atoms with van der Waals surface area (Å²) in [5.41, 5.74) is 4.24. The van der Waals surface area contributed by atoms with Crippen LogP contribution in [-0.4, -0.2) is 26.2 Å². The Labute approximate surface area is 152 Å². The van der Waals surface area contributed by atoms with Crippen molar-refractivity contribution >= 4 is 44.9 Å². The van der Waals surface area contributed by atoms with Gasteiger partial charge in [-0.25, -0.2) is 10.4 Å². The molecule has 2 aromatic heterocycles. The summed E-state index contributed by atoms with van der Waals surface area (Å²) in [6.07, 6.45) is 3.09. The van der Waals surface area contributed by atoms with E-state index in [0.717, 1.165) is 27.1 Å². The quantitative estimate of drug-likeness (QED) is 0.263. The molecule has 0 atom stereocenters. The molecule has 27 heavy (non-hydrogen) atoms. The summed E-state index contributed by atoms with van der Waals surface area (Å²) in [6, 6.07) is 18.6. The van der Waals surface area contributed by atoms with Crippen molar-refractivity contribution < 1.29 is 0 Å². The lowest BCUT2D eigenvalue weighted by Crippen LogP contribution is -2.05. The van der Waals surface area contributed by atoms with E-state index >= 15 is 0 Å². The maximum absolute atomic E-state index is 11.7. The summed E-state index contributed by atoms with van der Waals surface area (Å²) < 4.78 is 0. The maximum atomic E-state index is 11.7. The fourth-order valence-corrected chi connectivity index (χ4v) is 3.24. The molecule has 130 valence electrons. The summed E-state index contributed by atoms with van der Waals surface area (Å²) in [5.74, 6) is 0.356. The highest BCUT2D eigenvalue weighted by molar-refractivity contribution is 6.13. The van der Waals surface area contributed by atoms with Crippen molar-refractivity contribution in [2.75, 3.05) is 5.43 Å². The van der Waals surface area contributed by atoms with Gasteiger partial charge < -0.3 is 9.97 Å². The van der Waals surface area contributed by atoms with Crippen LogP contribution in [0.1, 0.15) is 5.56 Å². The third-order valence-corrected chi connectivity index (χ3v) is 4.47. The summed E-state index contributed by atoms with van der Waals surface area (Å²) in [4.78, 5) is 25.4. The molecule has 5 rings (SSSR count).